The Balaban J connectivity index is 2.08. The molecular formula is C12H13BrN4O. The second kappa shape index (κ2) is 5.77. The summed E-state index contributed by atoms with van der Waals surface area (Å²) >= 11 is 3.32. The lowest BCUT2D eigenvalue weighted by Crippen LogP contribution is -2.32. The second-order valence-corrected chi connectivity index (χ2v) is 4.72. The molecule has 2 heterocycles. The van der Waals surface area contributed by atoms with Crippen LogP contribution in [0.5, 0.6) is 0 Å². The minimum Gasteiger partial charge on any atom is -0.336 e. The highest BCUT2D eigenvalue weighted by Gasteiger charge is 2.12. The summed E-state index contributed by atoms with van der Waals surface area (Å²) in [6, 6.07) is 3.69. The lowest BCUT2D eigenvalue weighted by atomic mass is 10.4. The van der Waals surface area contributed by atoms with Crippen molar-refractivity contribution in [1.82, 2.24) is 14.5 Å². The van der Waals surface area contributed by atoms with E-state index < -0.39 is 0 Å². The van der Waals surface area contributed by atoms with Crippen LogP contribution < -0.4 is 4.90 Å². The van der Waals surface area contributed by atoms with Crippen LogP contribution in [0.4, 0.5) is 5.82 Å². The van der Waals surface area contributed by atoms with Crippen molar-refractivity contribution in [3.8, 4) is 0 Å². The molecule has 0 aliphatic heterocycles. The third-order valence-electron chi connectivity index (χ3n) is 2.51. The van der Waals surface area contributed by atoms with Crippen molar-refractivity contribution in [2.24, 2.45) is 0 Å². The number of hydrogen-bond acceptors (Lipinski definition) is 3. The molecule has 0 aliphatic rings. The van der Waals surface area contributed by atoms with Gasteiger partial charge < -0.3 is 4.57 Å². The topological polar surface area (TPSA) is 51.0 Å². The van der Waals surface area contributed by atoms with Crippen LogP contribution in [0.15, 0.2) is 41.5 Å². The summed E-state index contributed by atoms with van der Waals surface area (Å²) in [4.78, 5) is 21.5. The van der Waals surface area contributed by atoms with Gasteiger partial charge in [-0.3, -0.25) is 9.69 Å². The van der Waals surface area contributed by atoms with Crippen molar-refractivity contribution in [2.75, 3.05) is 11.4 Å². The average Bonchev–Trinajstić information content (AvgIpc) is 2.84. The van der Waals surface area contributed by atoms with Gasteiger partial charge in [0.25, 0.3) is 0 Å². The summed E-state index contributed by atoms with van der Waals surface area (Å²) in [5, 5.41) is 0. The van der Waals surface area contributed by atoms with Crippen LogP contribution in [0.3, 0.4) is 0 Å². The third-order valence-corrected chi connectivity index (χ3v) is 2.98. The summed E-state index contributed by atoms with van der Waals surface area (Å²) in [6.45, 7) is 2.80. The zero-order chi connectivity index (χ0) is 13.0. The van der Waals surface area contributed by atoms with Gasteiger partial charge in [0.1, 0.15) is 5.82 Å². The normalized spacial score (nSPS) is 10.3. The number of hydrogen-bond donors (Lipinski definition) is 0. The zero-order valence-electron chi connectivity index (χ0n) is 9.95. The van der Waals surface area contributed by atoms with Gasteiger partial charge in [-0.15, -0.1) is 0 Å². The van der Waals surface area contributed by atoms with Gasteiger partial charge in [-0.1, -0.05) is 0 Å². The Bertz CT molecular complexity index is 509. The molecule has 0 fully saturated rings. The van der Waals surface area contributed by atoms with Gasteiger partial charge in [-0.05, 0) is 28.1 Å². The van der Waals surface area contributed by atoms with Crippen LogP contribution in [-0.4, -0.2) is 27.0 Å². The minimum atomic E-state index is -0.0232. The highest BCUT2D eigenvalue weighted by Crippen LogP contribution is 2.15. The van der Waals surface area contributed by atoms with Crippen LogP contribution in [0.2, 0.25) is 0 Å². The van der Waals surface area contributed by atoms with E-state index in [0.717, 1.165) is 4.47 Å². The molecule has 6 heteroatoms. The molecular weight excluding hydrogens is 296 g/mol. The first-order chi connectivity index (χ1) is 8.66. The quantitative estimate of drug-likeness (QED) is 0.869. The highest BCUT2D eigenvalue weighted by molar-refractivity contribution is 9.10. The molecule has 5 nitrogen and oxygen atoms in total. The molecule has 0 saturated heterocycles. The van der Waals surface area contributed by atoms with E-state index in [0.29, 0.717) is 18.9 Å². The van der Waals surface area contributed by atoms with Gasteiger partial charge in [-0.2, -0.15) is 0 Å². The number of nitrogens with zero attached hydrogens (tertiary/aromatic N) is 4. The number of amides is 1. The summed E-state index contributed by atoms with van der Waals surface area (Å²) < 4.78 is 2.82. The Morgan fingerprint density at radius 1 is 1.50 bits per heavy atom. The largest absolute Gasteiger partial charge is 0.336 e. The molecule has 0 radical (unpaired) electrons. The second-order valence-electron chi connectivity index (χ2n) is 3.81. The van der Waals surface area contributed by atoms with Crippen molar-refractivity contribution in [2.45, 2.75) is 13.5 Å². The third kappa shape index (κ3) is 3.16. The van der Waals surface area contributed by atoms with Crippen LogP contribution in [0.1, 0.15) is 6.92 Å². The first kappa shape index (κ1) is 12.8. The predicted octanol–water partition coefficient (Wildman–Crippen LogP) is 2.09. The number of halogens is 1. The molecule has 18 heavy (non-hydrogen) atoms. The molecule has 2 aromatic rings. The fraction of sp³-hybridized carbons (Fsp3) is 0.250. The monoisotopic (exact) mass is 308 g/mol. The van der Waals surface area contributed by atoms with Crippen molar-refractivity contribution in [3.05, 3.63) is 41.5 Å². The average molecular weight is 309 g/mol. The molecule has 0 atom stereocenters. The SMILES string of the molecule is CC(=O)N(CCn1ccnc1)c1ccc(Br)cn1. The summed E-state index contributed by atoms with van der Waals surface area (Å²) in [5.74, 6) is 0.635. The lowest BCUT2D eigenvalue weighted by molar-refractivity contribution is -0.116. The fourth-order valence-corrected chi connectivity index (χ4v) is 1.83. The van der Waals surface area contributed by atoms with E-state index >= 15 is 0 Å². The number of carbonyl (C=O) groups is 1. The van der Waals surface area contributed by atoms with E-state index in [-0.39, 0.29) is 5.91 Å². The van der Waals surface area contributed by atoms with Gasteiger partial charge in [-0.25, -0.2) is 9.97 Å². The Morgan fingerprint density at radius 2 is 2.33 bits per heavy atom. The molecule has 94 valence electrons. The van der Waals surface area contributed by atoms with E-state index in [1.165, 1.54) is 6.92 Å². The van der Waals surface area contributed by atoms with E-state index in [2.05, 4.69) is 25.9 Å². The molecule has 1 amide bonds. The molecule has 0 aromatic carbocycles. The van der Waals surface area contributed by atoms with E-state index in [1.54, 1.807) is 23.6 Å². The van der Waals surface area contributed by atoms with Gasteiger partial charge >= 0.3 is 0 Å². The number of anilines is 1. The van der Waals surface area contributed by atoms with Crippen LogP contribution in [0.25, 0.3) is 0 Å². The summed E-state index contributed by atoms with van der Waals surface area (Å²) in [7, 11) is 0. The van der Waals surface area contributed by atoms with E-state index in [1.807, 2.05) is 22.9 Å². The molecule has 0 N–H and O–H groups in total. The minimum absolute atomic E-state index is 0.0232. The maximum absolute atomic E-state index is 11.6. The number of imidazole rings is 1. The lowest BCUT2D eigenvalue weighted by Gasteiger charge is -2.20. The van der Waals surface area contributed by atoms with Gasteiger partial charge in [0.2, 0.25) is 5.91 Å². The number of rotatable bonds is 4. The first-order valence-corrected chi connectivity index (χ1v) is 6.31. The maximum atomic E-state index is 11.6. The molecule has 0 bridgehead atoms. The van der Waals surface area contributed by atoms with E-state index in [9.17, 15) is 4.79 Å². The highest BCUT2D eigenvalue weighted by atomic mass is 79.9. The summed E-state index contributed by atoms with van der Waals surface area (Å²) in [5.41, 5.74) is 0. The Hall–Kier alpha value is -1.69. The van der Waals surface area contributed by atoms with Gasteiger partial charge in [0, 0.05) is 43.1 Å². The molecule has 0 spiro atoms. The zero-order valence-corrected chi connectivity index (χ0v) is 11.5. The molecule has 0 unspecified atom stereocenters. The number of pyridine rings is 1. The van der Waals surface area contributed by atoms with Crippen LogP contribution in [-0.2, 0) is 11.3 Å². The molecule has 2 rings (SSSR count). The van der Waals surface area contributed by atoms with Gasteiger partial charge in [0.15, 0.2) is 0 Å². The number of carbonyl (C=O) groups excluding carboxylic acids is 1. The van der Waals surface area contributed by atoms with E-state index in [4.69, 9.17) is 0 Å². The standard InChI is InChI=1S/C12H13BrN4O/c1-10(18)17(7-6-16-5-4-14-9-16)12-3-2-11(13)8-15-12/h2-5,8-9H,6-7H2,1H3. The van der Waals surface area contributed by atoms with Crippen LogP contribution >= 0.6 is 15.9 Å². The van der Waals surface area contributed by atoms with Crippen molar-refractivity contribution < 1.29 is 4.79 Å². The summed E-state index contributed by atoms with van der Waals surface area (Å²) in [6.07, 6.45) is 7.00. The van der Waals surface area contributed by atoms with Crippen LogP contribution in [0, 0.1) is 0 Å². The Morgan fingerprint density at radius 3 is 2.89 bits per heavy atom. The Kier molecular flexibility index (Phi) is 4.09. The van der Waals surface area contributed by atoms with Crippen molar-refractivity contribution >= 4 is 27.7 Å². The Labute approximate surface area is 114 Å². The van der Waals surface area contributed by atoms with Crippen molar-refractivity contribution in [1.29, 1.82) is 0 Å². The fourth-order valence-electron chi connectivity index (χ4n) is 1.60. The number of aromatic nitrogens is 3. The molecule has 2 aromatic heterocycles. The maximum Gasteiger partial charge on any atom is 0.225 e. The first-order valence-electron chi connectivity index (χ1n) is 5.52. The smallest absolute Gasteiger partial charge is 0.225 e. The van der Waals surface area contributed by atoms with Crippen molar-refractivity contribution in [3.63, 3.8) is 0 Å². The molecule has 0 saturated carbocycles. The molecule has 0 aliphatic carbocycles. The van der Waals surface area contributed by atoms with Gasteiger partial charge in [0.05, 0.1) is 6.33 Å². The predicted molar refractivity (Wildman–Crippen MR) is 72.2 cm³/mol.